The van der Waals surface area contributed by atoms with E-state index in [0.29, 0.717) is 65.2 Å². The Hall–Kier alpha value is -4.25. The summed E-state index contributed by atoms with van der Waals surface area (Å²) in [5, 5.41) is 11.9. The van der Waals surface area contributed by atoms with E-state index >= 15 is 0 Å². The number of fused-ring (bicyclic) bond motifs is 4. The van der Waals surface area contributed by atoms with Crippen LogP contribution in [0.1, 0.15) is 59.9 Å². The molecule has 1 N–H and O–H groups in total. The minimum absolute atomic E-state index is 0.0106. The number of nitrogens with zero attached hydrogens (tertiary/aromatic N) is 7. The first kappa shape index (κ1) is 26.4. The van der Waals surface area contributed by atoms with Crippen molar-refractivity contribution in [1.29, 1.82) is 0 Å². The number of anilines is 2. The monoisotopic (exact) mass is 583 g/mol. The second-order valence-electron chi connectivity index (χ2n) is 12.2. The van der Waals surface area contributed by atoms with Crippen LogP contribution < -0.4 is 14.5 Å². The second kappa shape index (κ2) is 9.90. The predicted octanol–water partition coefficient (Wildman–Crippen LogP) is 4.42. The van der Waals surface area contributed by atoms with Crippen LogP contribution in [0.25, 0.3) is 10.8 Å². The first-order valence-corrected chi connectivity index (χ1v) is 15.2. The van der Waals surface area contributed by atoms with Crippen molar-refractivity contribution in [1.82, 2.24) is 24.4 Å². The number of aromatic hydroxyl groups is 1. The topological polar surface area (TPSA) is 99.9 Å². The molecule has 2 aromatic carbocycles. The molecule has 0 unspecified atom stereocenters. The zero-order chi connectivity index (χ0) is 29.3. The van der Waals surface area contributed by atoms with Gasteiger partial charge in [-0.25, -0.2) is 9.37 Å². The summed E-state index contributed by atoms with van der Waals surface area (Å²) in [5.74, 6) is -0.0559. The maximum absolute atomic E-state index is 15.0. The quantitative estimate of drug-likeness (QED) is 0.356. The number of hydrogen-bond acceptors (Lipinski definition) is 8. The lowest BCUT2D eigenvalue weighted by Crippen LogP contribution is -2.43. The third kappa shape index (κ3) is 4.16. The zero-order valence-corrected chi connectivity index (χ0v) is 24.2. The van der Waals surface area contributed by atoms with Gasteiger partial charge in [0, 0.05) is 30.7 Å². The molecule has 222 valence electrons. The third-order valence-electron chi connectivity index (χ3n) is 9.83. The van der Waals surface area contributed by atoms with E-state index in [1.807, 2.05) is 19.4 Å². The Morgan fingerprint density at radius 1 is 1.07 bits per heavy atom. The van der Waals surface area contributed by atoms with Crippen LogP contribution in [-0.2, 0) is 26.1 Å². The molecule has 0 spiro atoms. The van der Waals surface area contributed by atoms with Gasteiger partial charge in [0.15, 0.2) is 0 Å². The van der Waals surface area contributed by atoms with Crippen LogP contribution in [0.4, 0.5) is 15.9 Å². The summed E-state index contributed by atoms with van der Waals surface area (Å²) in [6.07, 6.45) is 8.66. The standard InChI is InChI=1S/C32H34FN7O3/c1-2-23-24(33)6-5-20-13-22(41)14-26(27(20)23)40-17-25-28(30(40)42)29(37-11-12-38-19-34-15-21(38)16-37)36-31(35-25)43-18-32-7-3-9-39(32)10-4-8-32/h5-6,13-15,19,41H,2-4,7-12,16-18H2,1H3. The molecule has 1 amide bonds. The molecule has 0 radical (unpaired) electrons. The minimum Gasteiger partial charge on any atom is -0.508 e. The highest BCUT2D eigenvalue weighted by Gasteiger charge is 2.45. The highest BCUT2D eigenvalue weighted by atomic mass is 19.1. The van der Waals surface area contributed by atoms with Gasteiger partial charge in [-0.1, -0.05) is 13.0 Å². The molecule has 2 aromatic heterocycles. The van der Waals surface area contributed by atoms with E-state index in [-0.39, 0.29) is 35.6 Å². The largest absolute Gasteiger partial charge is 0.508 e. The fraction of sp³-hybridized carbons (Fsp3) is 0.438. The van der Waals surface area contributed by atoms with Crippen molar-refractivity contribution >= 4 is 28.2 Å². The number of rotatable bonds is 6. The van der Waals surface area contributed by atoms with Gasteiger partial charge in [0.2, 0.25) is 0 Å². The molecule has 4 aromatic rings. The molecule has 10 nitrogen and oxygen atoms in total. The molecule has 0 bridgehead atoms. The Kier molecular flexibility index (Phi) is 6.08. The van der Waals surface area contributed by atoms with Crippen LogP contribution in [0, 0.1) is 5.82 Å². The summed E-state index contributed by atoms with van der Waals surface area (Å²) in [4.78, 5) is 34.5. The second-order valence-corrected chi connectivity index (χ2v) is 12.2. The molecular weight excluding hydrogens is 549 g/mol. The average molecular weight is 584 g/mol. The predicted molar refractivity (Wildman–Crippen MR) is 159 cm³/mol. The lowest BCUT2D eigenvalue weighted by molar-refractivity contribution is 0.0996. The first-order chi connectivity index (χ1) is 20.9. The van der Waals surface area contributed by atoms with Gasteiger partial charge >= 0.3 is 6.01 Å². The van der Waals surface area contributed by atoms with Crippen molar-refractivity contribution in [2.45, 2.75) is 64.2 Å². The number of carbonyl (C=O) groups excluding carboxylic acids is 1. The Morgan fingerprint density at radius 2 is 1.91 bits per heavy atom. The molecule has 4 aliphatic rings. The number of aryl methyl sites for hydroxylation is 1. The minimum atomic E-state index is -0.334. The van der Waals surface area contributed by atoms with Crippen molar-refractivity contribution < 1.29 is 19.0 Å². The number of halogens is 1. The van der Waals surface area contributed by atoms with Gasteiger partial charge in [0.05, 0.1) is 42.0 Å². The fourth-order valence-electron chi connectivity index (χ4n) is 7.71. The normalized spacial score (nSPS) is 19.3. The maximum Gasteiger partial charge on any atom is 0.318 e. The van der Waals surface area contributed by atoms with Crippen LogP contribution in [-0.4, -0.2) is 67.2 Å². The number of hydrogen-bond donors (Lipinski definition) is 1. The molecule has 6 heterocycles. The summed E-state index contributed by atoms with van der Waals surface area (Å²) >= 11 is 0. The van der Waals surface area contributed by atoms with Gasteiger partial charge in [-0.05, 0) is 68.3 Å². The maximum atomic E-state index is 15.0. The third-order valence-corrected chi connectivity index (χ3v) is 9.83. The molecule has 0 aliphatic carbocycles. The van der Waals surface area contributed by atoms with Gasteiger partial charge in [-0.3, -0.25) is 9.69 Å². The molecule has 2 saturated heterocycles. The Labute approximate surface area is 248 Å². The van der Waals surface area contributed by atoms with E-state index < -0.39 is 0 Å². The van der Waals surface area contributed by atoms with Crippen LogP contribution in [0.5, 0.6) is 11.8 Å². The number of ether oxygens (including phenoxy) is 1. The number of amides is 1. The molecule has 4 aliphatic heterocycles. The SMILES string of the molecule is CCc1c(F)ccc2cc(O)cc(N3Cc4nc(OCC56CCCN5CCC6)nc(N5CCn6cncc6C5)c4C3=O)c12. The average Bonchev–Trinajstić information content (AvgIpc) is 3.78. The number of phenols is 1. The number of benzene rings is 2. The summed E-state index contributed by atoms with van der Waals surface area (Å²) in [7, 11) is 0. The molecule has 43 heavy (non-hydrogen) atoms. The van der Waals surface area contributed by atoms with E-state index in [9.17, 15) is 14.3 Å². The molecule has 0 atom stereocenters. The number of aromatic nitrogens is 4. The van der Waals surface area contributed by atoms with E-state index in [0.717, 1.165) is 38.2 Å². The van der Waals surface area contributed by atoms with Crippen LogP contribution in [0.15, 0.2) is 36.8 Å². The van der Waals surface area contributed by atoms with Crippen molar-refractivity contribution in [3.05, 3.63) is 65.1 Å². The number of imidazole rings is 1. The Bertz CT molecular complexity index is 1760. The van der Waals surface area contributed by atoms with Crippen LogP contribution in [0.2, 0.25) is 0 Å². The summed E-state index contributed by atoms with van der Waals surface area (Å²) in [6.45, 7) is 6.69. The van der Waals surface area contributed by atoms with E-state index in [4.69, 9.17) is 14.7 Å². The smallest absolute Gasteiger partial charge is 0.318 e. The van der Waals surface area contributed by atoms with Crippen molar-refractivity contribution in [2.75, 3.05) is 36.0 Å². The summed E-state index contributed by atoms with van der Waals surface area (Å²) in [6, 6.07) is 6.48. The van der Waals surface area contributed by atoms with Crippen molar-refractivity contribution in [3.63, 3.8) is 0 Å². The van der Waals surface area contributed by atoms with Gasteiger partial charge < -0.3 is 24.2 Å². The Morgan fingerprint density at radius 3 is 2.72 bits per heavy atom. The molecular formula is C32H34FN7O3. The summed E-state index contributed by atoms with van der Waals surface area (Å²) < 4.78 is 23.5. The molecule has 0 saturated carbocycles. The van der Waals surface area contributed by atoms with Crippen LogP contribution >= 0.6 is 0 Å². The lowest BCUT2D eigenvalue weighted by Gasteiger charge is -2.32. The molecule has 2 fully saturated rings. The van der Waals surface area contributed by atoms with E-state index in [1.54, 1.807) is 23.1 Å². The van der Waals surface area contributed by atoms with Crippen molar-refractivity contribution in [3.8, 4) is 11.8 Å². The molecule has 11 heteroatoms. The first-order valence-electron chi connectivity index (χ1n) is 15.2. The van der Waals surface area contributed by atoms with E-state index in [1.165, 1.54) is 18.9 Å². The van der Waals surface area contributed by atoms with Gasteiger partial charge in [0.1, 0.15) is 29.6 Å². The van der Waals surface area contributed by atoms with Gasteiger partial charge in [0.25, 0.3) is 5.91 Å². The van der Waals surface area contributed by atoms with Gasteiger partial charge in [-0.15, -0.1) is 0 Å². The summed E-state index contributed by atoms with van der Waals surface area (Å²) in [5.41, 5.74) is 3.04. The lowest BCUT2D eigenvalue weighted by atomic mass is 9.95. The van der Waals surface area contributed by atoms with Crippen molar-refractivity contribution in [2.24, 2.45) is 0 Å². The fourth-order valence-corrected chi connectivity index (χ4v) is 7.71. The molecule has 8 rings (SSSR count). The highest BCUT2D eigenvalue weighted by Crippen LogP contribution is 2.42. The number of phenolic OH excluding ortho intramolecular Hbond substituents is 1. The van der Waals surface area contributed by atoms with Crippen LogP contribution in [0.3, 0.4) is 0 Å². The van der Waals surface area contributed by atoms with E-state index in [2.05, 4.69) is 19.4 Å². The highest BCUT2D eigenvalue weighted by molar-refractivity contribution is 6.16. The Balaban J connectivity index is 1.21. The number of carbonyl (C=O) groups is 1. The zero-order valence-electron chi connectivity index (χ0n) is 24.2. The van der Waals surface area contributed by atoms with Gasteiger partial charge in [-0.2, -0.15) is 9.97 Å².